The summed E-state index contributed by atoms with van der Waals surface area (Å²) in [5.41, 5.74) is 0. The van der Waals surface area contributed by atoms with E-state index in [0.717, 1.165) is 18.1 Å². The van der Waals surface area contributed by atoms with Crippen molar-refractivity contribution < 1.29 is 0 Å². The molecule has 18 heavy (non-hydrogen) atoms. The van der Waals surface area contributed by atoms with E-state index in [1.165, 1.54) is 9.75 Å². The van der Waals surface area contributed by atoms with Crippen molar-refractivity contribution in [2.24, 2.45) is 0 Å². The number of thiazole rings is 1. The van der Waals surface area contributed by atoms with Gasteiger partial charge in [0.1, 0.15) is 0 Å². The average Bonchev–Trinajstić information content (AvgIpc) is 3.05. The number of hydrogen-bond donors (Lipinski definition) is 1. The first-order valence-corrected chi connectivity index (χ1v) is 7.77. The molecule has 2 heterocycles. The van der Waals surface area contributed by atoms with E-state index in [-0.39, 0.29) is 0 Å². The summed E-state index contributed by atoms with van der Waals surface area (Å²) in [5.74, 6) is 0. The molecule has 0 aromatic carbocycles. The van der Waals surface area contributed by atoms with Gasteiger partial charge in [-0.3, -0.25) is 0 Å². The Morgan fingerprint density at radius 2 is 2.33 bits per heavy atom. The van der Waals surface area contributed by atoms with Gasteiger partial charge >= 0.3 is 0 Å². The summed E-state index contributed by atoms with van der Waals surface area (Å²) >= 11 is 3.59. The molecular formula is C13H19N3S2. The predicted molar refractivity (Wildman–Crippen MR) is 80.9 cm³/mol. The van der Waals surface area contributed by atoms with Gasteiger partial charge in [-0.25, -0.2) is 4.98 Å². The molecule has 0 aliphatic rings. The molecule has 2 aromatic rings. The predicted octanol–water partition coefficient (Wildman–Crippen LogP) is 3.16. The maximum absolute atomic E-state index is 4.49. The van der Waals surface area contributed by atoms with Crippen LogP contribution in [0.15, 0.2) is 23.7 Å². The van der Waals surface area contributed by atoms with Gasteiger partial charge in [-0.15, -0.1) is 22.7 Å². The minimum Gasteiger partial charge on any atom is -0.351 e. The van der Waals surface area contributed by atoms with Crippen molar-refractivity contribution in [2.45, 2.75) is 19.4 Å². The van der Waals surface area contributed by atoms with Crippen LogP contribution in [-0.2, 0) is 6.42 Å². The summed E-state index contributed by atoms with van der Waals surface area (Å²) in [6.45, 7) is 3.17. The largest absolute Gasteiger partial charge is 0.351 e. The van der Waals surface area contributed by atoms with Crippen molar-refractivity contribution >= 4 is 27.8 Å². The molecule has 1 atom stereocenters. The number of likely N-dealkylation sites (N-methyl/N-ethyl adjacent to an activating group) is 1. The molecule has 0 fully saturated rings. The highest BCUT2D eigenvalue weighted by molar-refractivity contribution is 7.15. The lowest BCUT2D eigenvalue weighted by atomic mass is 10.3. The zero-order chi connectivity index (χ0) is 13.0. The minimum atomic E-state index is 0.377. The van der Waals surface area contributed by atoms with Crippen LogP contribution in [0, 0.1) is 0 Å². The van der Waals surface area contributed by atoms with Crippen LogP contribution < -0.4 is 10.2 Å². The Balaban J connectivity index is 1.92. The molecule has 98 valence electrons. The van der Waals surface area contributed by atoms with Gasteiger partial charge in [-0.2, -0.15) is 0 Å². The topological polar surface area (TPSA) is 28.2 Å². The normalized spacial score (nSPS) is 12.6. The summed E-state index contributed by atoms with van der Waals surface area (Å²) < 4.78 is 0. The highest BCUT2D eigenvalue weighted by Crippen LogP contribution is 2.26. The Morgan fingerprint density at radius 3 is 3.00 bits per heavy atom. The maximum Gasteiger partial charge on any atom is 0.185 e. The number of anilines is 1. The summed E-state index contributed by atoms with van der Waals surface area (Å²) in [4.78, 5) is 9.45. The van der Waals surface area contributed by atoms with Gasteiger partial charge in [0.2, 0.25) is 0 Å². The van der Waals surface area contributed by atoms with Gasteiger partial charge in [0.05, 0.1) is 0 Å². The first kappa shape index (κ1) is 13.5. The molecule has 1 unspecified atom stereocenters. The first-order valence-electron chi connectivity index (χ1n) is 6.07. The maximum atomic E-state index is 4.49. The number of aromatic nitrogens is 1. The molecule has 2 rings (SSSR count). The monoisotopic (exact) mass is 281 g/mol. The number of thiophene rings is 1. The fraction of sp³-hybridized carbons (Fsp3) is 0.462. The molecule has 0 saturated carbocycles. The summed E-state index contributed by atoms with van der Waals surface area (Å²) in [6, 6.07) is 4.67. The Bertz CT molecular complexity index is 464. The van der Waals surface area contributed by atoms with Crippen LogP contribution in [0.5, 0.6) is 0 Å². The second-order valence-corrected chi connectivity index (χ2v) is 6.38. The Hall–Kier alpha value is -0.910. The molecule has 2 aromatic heterocycles. The van der Waals surface area contributed by atoms with E-state index in [2.05, 4.69) is 46.7 Å². The lowest BCUT2D eigenvalue weighted by molar-refractivity contribution is 0.662. The fourth-order valence-electron chi connectivity index (χ4n) is 1.62. The van der Waals surface area contributed by atoms with Gasteiger partial charge < -0.3 is 10.2 Å². The van der Waals surface area contributed by atoms with E-state index >= 15 is 0 Å². The van der Waals surface area contributed by atoms with Gasteiger partial charge in [0, 0.05) is 35.6 Å². The second-order valence-electron chi connectivity index (χ2n) is 4.31. The van der Waals surface area contributed by atoms with E-state index in [1.807, 2.05) is 24.6 Å². The molecule has 0 aliphatic heterocycles. The fourth-order valence-corrected chi connectivity index (χ4v) is 3.29. The molecule has 0 bridgehead atoms. The zero-order valence-electron chi connectivity index (χ0n) is 11.0. The third-order valence-corrected chi connectivity index (χ3v) is 5.20. The molecular weight excluding hydrogens is 262 g/mol. The lowest BCUT2D eigenvalue weighted by Gasteiger charge is -2.14. The molecule has 0 aliphatic carbocycles. The van der Waals surface area contributed by atoms with E-state index in [4.69, 9.17) is 0 Å². The molecule has 1 N–H and O–H groups in total. The SMILES string of the molecule is CNC(C)c1cnc(N(C)CCc2cccs2)s1. The van der Waals surface area contributed by atoms with Crippen molar-refractivity contribution in [3.63, 3.8) is 0 Å². The lowest BCUT2D eigenvalue weighted by Crippen LogP contribution is -2.19. The van der Waals surface area contributed by atoms with Crippen LogP contribution in [0.3, 0.4) is 0 Å². The highest BCUT2D eigenvalue weighted by Gasteiger charge is 2.10. The van der Waals surface area contributed by atoms with E-state index in [9.17, 15) is 0 Å². The van der Waals surface area contributed by atoms with Gasteiger partial charge in [0.25, 0.3) is 0 Å². The van der Waals surface area contributed by atoms with Crippen LogP contribution in [-0.4, -0.2) is 25.6 Å². The number of nitrogens with zero attached hydrogens (tertiary/aromatic N) is 2. The highest BCUT2D eigenvalue weighted by atomic mass is 32.1. The van der Waals surface area contributed by atoms with Crippen molar-refractivity contribution in [1.29, 1.82) is 0 Å². The molecule has 5 heteroatoms. The molecule has 0 spiro atoms. The molecule has 0 amide bonds. The third-order valence-electron chi connectivity index (χ3n) is 2.97. The van der Waals surface area contributed by atoms with Crippen LogP contribution in [0.25, 0.3) is 0 Å². The molecule has 3 nitrogen and oxygen atoms in total. The van der Waals surface area contributed by atoms with Gasteiger partial charge in [-0.1, -0.05) is 6.07 Å². The summed E-state index contributed by atoms with van der Waals surface area (Å²) in [5, 5.41) is 6.47. The third kappa shape index (κ3) is 3.31. The standard InChI is InChI=1S/C13H19N3S2/c1-10(14-2)12-9-15-13(18-12)16(3)7-6-11-5-4-8-17-11/h4-5,8-10,14H,6-7H2,1-3H3. The number of nitrogens with one attached hydrogen (secondary N) is 1. The average molecular weight is 281 g/mol. The molecule has 0 saturated heterocycles. The number of rotatable bonds is 6. The van der Waals surface area contributed by atoms with E-state index in [1.54, 1.807) is 11.3 Å². The first-order chi connectivity index (χ1) is 8.70. The van der Waals surface area contributed by atoms with Crippen LogP contribution in [0.4, 0.5) is 5.13 Å². The Morgan fingerprint density at radius 1 is 1.50 bits per heavy atom. The molecule has 0 radical (unpaired) electrons. The minimum absolute atomic E-state index is 0.377. The Labute approximate surface area is 116 Å². The zero-order valence-corrected chi connectivity index (χ0v) is 12.6. The Kier molecular flexibility index (Phi) is 4.74. The van der Waals surface area contributed by atoms with Gasteiger partial charge in [-0.05, 0) is 31.8 Å². The summed E-state index contributed by atoms with van der Waals surface area (Å²) in [6.07, 6.45) is 3.06. The quantitative estimate of drug-likeness (QED) is 0.881. The van der Waals surface area contributed by atoms with Crippen molar-refractivity contribution in [2.75, 3.05) is 25.5 Å². The van der Waals surface area contributed by atoms with Crippen LogP contribution >= 0.6 is 22.7 Å². The van der Waals surface area contributed by atoms with Crippen molar-refractivity contribution in [3.8, 4) is 0 Å². The van der Waals surface area contributed by atoms with Crippen LogP contribution in [0.1, 0.15) is 22.7 Å². The van der Waals surface area contributed by atoms with Crippen molar-refractivity contribution in [1.82, 2.24) is 10.3 Å². The van der Waals surface area contributed by atoms with E-state index in [0.29, 0.717) is 6.04 Å². The van der Waals surface area contributed by atoms with Crippen molar-refractivity contribution in [3.05, 3.63) is 33.5 Å². The van der Waals surface area contributed by atoms with Gasteiger partial charge in [0.15, 0.2) is 5.13 Å². The number of hydrogen-bond acceptors (Lipinski definition) is 5. The van der Waals surface area contributed by atoms with E-state index < -0.39 is 0 Å². The summed E-state index contributed by atoms with van der Waals surface area (Å²) in [7, 11) is 4.09. The van der Waals surface area contributed by atoms with Crippen LogP contribution in [0.2, 0.25) is 0 Å². The second kappa shape index (κ2) is 6.31. The smallest absolute Gasteiger partial charge is 0.185 e.